The van der Waals surface area contributed by atoms with Crippen LogP contribution >= 0.6 is 0 Å². The standard InChI is InChI=1S/C17H16N2Se/c1-19(2)14-8-10-15(11-9-14)20-16-7-3-5-13-6-4-12-18-17(13)16/h3-12H,1-2H3. The monoisotopic (exact) mass is 328 g/mol. The van der Waals surface area contributed by atoms with Crippen LogP contribution in [0.3, 0.4) is 0 Å². The molecule has 0 aliphatic rings. The van der Waals surface area contributed by atoms with E-state index in [0.717, 1.165) is 5.52 Å². The Kier molecular flexibility index (Phi) is 3.72. The Balaban J connectivity index is 1.93. The fourth-order valence-electron chi connectivity index (χ4n) is 2.10. The van der Waals surface area contributed by atoms with Gasteiger partial charge >= 0.3 is 125 Å². The second-order valence-electron chi connectivity index (χ2n) is 4.82. The molecule has 0 saturated heterocycles. The molecule has 2 aromatic carbocycles. The summed E-state index contributed by atoms with van der Waals surface area (Å²) in [5.41, 5.74) is 2.37. The summed E-state index contributed by atoms with van der Waals surface area (Å²) in [6.45, 7) is 0. The van der Waals surface area contributed by atoms with E-state index in [1.807, 2.05) is 12.3 Å². The molecule has 2 nitrogen and oxygen atoms in total. The van der Waals surface area contributed by atoms with Crippen molar-refractivity contribution in [3.05, 3.63) is 60.8 Å². The van der Waals surface area contributed by atoms with Gasteiger partial charge in [-0.3, -0.25) is 0 Å². The van der Waals surface area contributed by atoms with Crippen LogP contribution in [0.15, 0.2) is 60.8 Å². The van der Waals surface area contributed by atoms with Gasteiger partial charge in [0, 0.05) is 0 Å². The summed E-state index contributed by atoms with van der Waals surface area (Å²) in [7, 11) is 4.13. The van der Waals surface area contributed by atoms with Gasteiger partial charge in [0.1, 0.15) is 0 Å². The van der Waals surface area contributed by atoms with E-state index in [4.69, 9.17) is 0 Å². The zero-order valence-electron chi connectivity index (χ0n) is 11.6. The molecule has 0 bridgehead atoms. The molecule has 3 heteroatoms. The van der Waals surface area contributed by atoms with Gasteiger partial charge in [-0.2, -0.15) is 0 Å². The van der Waals surface area contributed by atoms with Crippen LogP contribution in [0.2, 0.25) is 0 Å². The Morgan fingerprint density at radius 2 is 1.65 bits per heavy atom. The second-order valence-corrected chi connectivity index (χ2v) is 7.16. The maximum absolute atomic E-state index is 4.53. The van der Waals surface area contributed by atoms with Crippen molar-refractivity contribution >= 4 is 40.5 Å². The Hall–Kier alpha value is -1.83. The number of nitrogens with zero attached hydrogens (tertiary/aromatic N) is 2. The molecule has 0 aliphatic heterocycles. The third-order valence-electron chi connectivity index (χ3n) is 3.18. The summed E-state index contributed by atoms with van der Waals surface area (Å²) in [6.07, 6.45) is 1.87. The first-order valence-corrected chi connectivity index (χ1v) is 8.24. The minimum absolute atomic E-state index is 0.290. The molecular formula is C17H16N2Se. The molecule has 1 aromatic heterocycles. The van der Waals surface area contributed by atoms with E-state index in [1.54, 1.807) is 0 Å². The summed E-state index contributed by atoms with van der Waals surface area (Å²) >= 11 is 0.290. The molecule has 0 amide bonds. The van der Waals surface area contributed by atoms with Crippen LogP contribution in [0.5, 0.6) is 0 Å². The van der Waals surface area contributed by atoms with Gasteiger partial charge in [0.25, 0.3) is 0 Å². The molecule has 0 unspecified atom stereocenters. The van der Waals surface area contributed by atoms with Gasteiger partial charge in [0.15, 0.2) is 0 Å². The van der Waals surface area contributed by atoms with Crippen molar-refractivity contribution in [2.45, 2.75) is 0 Å². The van der Waals surface area contributed by atoms with Crippen LogP contribution in [0.1, 0.15) is 0 Å². The van der Waals surface area contributed by atoms with Crippen LogP contribution in [0.4, 0.5) is 5.69 Å². The van der Waals surface area contributed by atoms with Crippen molar-refractivity contribution in [3.63, 3.8) is 0 Å². The van der Waals surface area contributed by atoms with Gasteiger partial charge in [0.05, 0.1) is 0 Å². The van der Waals surface area contributed by atoms with Gasteiger partial charge in [-0.1, -0.05) is 0 Å². The molecule has 0 atom stereocenters. The SMILES string of the molecule is CN(C)c1ccc([Se]c2cccc3cccnc23)cc1. The molecule has 100 valence electrons. The molecule has 0 saturated carbocycles. The number of para-hydroxylation sites is 1. The van der Waals surface area contributed by atoms with E-state index < -0.39 is 0 Å². The quantitative estimate of drug-likeness (QED) is 0.684. The maximum atomic E-state index is 4.53. The first-order valence-electron chi connectivity index (χ1n) is 6.53. The Labute approximate surface area is 125 Å². The number of rotatable bonds is 3. The Morgan fingerprint density at radius 1 is 0.900 bits per heavy atom. The number of hydrogen-bond acceptors (Lipinski definition) is 2. The first kappa shape index (κ1) is 13.2. The molecule has 0 aliphatic carbocycles. The average Bonchev–Trinajstić information content (AvgIpc) is 2.48. The fourth-order valence-corrected chi connectivity index (χ4v) is 4.07. The average molecular weight is 327 g/mol. The molecule has 1 heterocycles. The van der Waals surface area contributed by atoms with Crippen LogP contribution in [0.25, 0.3) is 10.9 Å². The normalized spacial score (nSPS) is 10.7. The summed E-state index contributed by atoms with van der Waals surface area (Å²) < 4.78 is 2.72. The first-order chi connectivity index (χ1) is 9.74. The van der Waals surface area contributed by atoms with Gasteiger partial charge < -0.3 is 0 Å². The number of anilines is 1. The molecule has 3 aromatic rings. The molecule has 0 N–H and O–H groups in total. The van der Waals surface area contributed by atoms with Crippen molar-refractivity contribution in [3.8, 4) is 0 Å². The number of fused-ring (bicyclic) bond motifs is 1. The summed E-state index contributed by atoms with van der Waals surface area (Å²) in [5.74, 6) is 0. The molecule has 20 heavy (non-hydrogen) atoms. The Morgan fingerprint density at radius 3 is 2.40 bits per heavy atom. The van der Waals surface area contributed by atoms with Gasteiger partial charge in [-0.05, 0) is 0 Å². The number of aromatic nitrogens is 1. The zero-order valence-corrected chi connectivity index (χ0v) is 13.3. The summed E-state index contributed by atoms with van der Waals surface area (Å²) in [4.78, 5) is 6.65. The van der Waals surface area contributed by atoms with Crippen molar-refractivity contribution in [1.82, 2.24) is 4.98 Å². The third-order valence-corrected chi connectivity index (χ3v) is 5.39. The minimum atomic E-state index is 0.290. The van der Waals surface area contributed by atoms with E-state index >= 15 is 0 Å². The van der Waals surface area contributed by atoms with Gasteiger partial charge in [-0.25, -0.2) is 0 Å². The van der Waals surface area contributed by atoms with Crippen molar-refractivity contribution in [2.75, 3.05) is 19.0 Å². The van der Waals surface area contributed by atoms with Crippen LogP contribution in [0, 0.1) is 0 Å². The Bertz CT molecular complexity index is 715. The van der Waals surface area contributed by atoms with Gasteiger partial charge in [0.2, 0.25) is 0 Å². The van der Waals surface area contributed by atoms with Crippen molar-refractivity contribution in [2.24, 2.45) is 0 Å². The fraction of sp³-hybridized carbons (Fsp3) is 0.118. The van der Waals surface area contributed by atoms with E-state index in [0.29, 0.717) is 15.0 Å². The van der Waals surface area contributed by atoms with Gasteiger partial charge in [-0.15, -0.1) is 0 Å². The zero-order chi connectivity index (χ0) is 13.9. The predicted octanol–water partition coefficient (Wildman–Crippen LogP) is 1.96. The molecule has 0 radical (unpaired) electrons. The molecule has 3 rings (SSSR count). The van der Waals surface area contributed by atoms with E-state index in [1.165, 1.54) is 20.0 Å². The predicted molar refractivity (Wildman–Crippen MR) is 87.5 cm³/mol. The summed E-state index contributed by atoms with van der Waals surface area (Å²) in [6, 6.07) is 19.3. The van der Waals surface area contributed by atoms with Crippen LogP contribution in [-0.4, -0.2) is 34.0 Å². The third kappa shape index (κ3) is 2.69. The summed E-state index contributed by atoms with van der Waals surface area (Å²) in [5, 5.41) is 1.22. The molecular weight excluding hydrogens is 311 g/mol. The van der Waals surface area contributed by atoms with Crippen molar-refractivity contribution in [1.29, 1.82) is 0 Å². The van der Waals surface area contributed by atoms with Crippen molar-refractivity contribution < 1.29 is 0 Å². The molecule has 0 fully saturated rings. The van der Waals surface area contributed by atoms with Crippen LogP contribution < -0.4 is 13.8 Å². The van der Waals surface area contributed by atoms with E-state index in [9.17, 15) is 0 Å². The number of hydrogen-bond donors (Lipinski definition) is 0. The van der Waals surface area contributed by atoms with E-state index in [2.05, 4.69) is 72.5 Å². The second kappa shape index (κ2) is 5.66. The number of pyridine rings is 1. The van der Waals surface area contributed by atoms with E-state index in [-0.39, 0.29) is 0 Å². The topological polar surface area (TPSA) is 16.1 Å². The number of benzene rings is 2. The molecule has 0 spiro atoms. The van der Waals surface area contributed by atoms with Crippen LogP contribution in [-0.2, 0) is 0 Å².